The lowest BCUT2D eigenvalue weighted by Crippen LogP contribution is -2.31. The Morgan fingerprint density at radius 3 is 2.61 bits per heavy atom. The van der Waals surface area contributed by atoms with Gasteiger partial charge in [0.15, 0.2) is 6.61 Å². The van der Waals surface area contributed by atoms with E-state index in [1.165, 1.54) is 0 Å². The molecule has 0 saturated heterocycles. The minimum Gasteiger partial charge on any atom is -0.484 e. The molecule has 0 aromatic heterocycles. The zero-order valence-corrected chi connectivity index (χ0v) is 11.3. The number of hydrogen-bond donors (Lipinski definition) is 1. The third-order valence-electron chi connectivity index (χ3n) is 1.97. The number of halogens is 2. The molecule has 0 aliphatic carbocycles. The number of rotatable bonds is 8. The number of alkyl halides is 1. The Balaban J connectivity index is 2.11. The molecule has 1 aromatic carbocycles. The molecule has 0 radical (unpaired) electrons. The number of carbonyl (C=O) groups is 1. The van der Waals surface area contributed by atoms with Gasteiger partial charge in [-0.1, -0.05) is 11.6 Å². The second-order valence-electron chi connectivity index (χ2n) is 3.39. The first-order valence-corrected chi connectivity index (χ1v) is 6.42. The van der Waals surface area contributed by atoms with E-state index in [0.717, 1.165) is 0 Å². The van der Waals surface area contributed by atoms with E-state index in [1.807, 2.05) is 0 Å². The number of benzene rings is 1. The second kappa shape index (κ2) is 9.03. The van der Waals surface area contributed by atoms with Gasteiger partial charge in [-0.05, 0) is 24.3 Å². The van der Waals surface area contributed by atoms with Crippen LogP contribution in [0.15, 0.2) is 24.3 Å². The van der Waals surface area contributed by atoms with Crippen LogP contribution in [0.3, 0.4) is 0 Å². The summed E-state index contributed by atoms with van der Waals surface area (Å²) >= 11 is 11.2. The van der Waals surface area contributed by atoms with Gasteiger partial charge in [-0.3, -0.25) is 4.79 Å². The molecule has 6 heteroatoms. The Labute approximate surface area is 116 Å². The van der Waals surface area contributed by atoms with Crippen LogP contribution in [0.2, 0.25) is 5.02 Å². The highest BCUT2D eigenvalue weighted by Gasteiger charge is 2.01. The first-order valence-electron chi connectivity index (χ1n) is 5.51. The summed E-state index contributed by atoms with van der Waals surface area (Å²) < 4.78 is 10.4. The van der Waals surface area contributed by atoms with Gasteiger partial charge in [0.1, 0.15) is 5.75 Å². The van der Waals surface area contributed by atoms with E-state index in [4.69, 9.17) is 32.7 Å². The Bertz CT molecular complexity index is 357. The van der Waals surface area contributed by atoms with Crippen LogP contribution in [0, 0.1) is 0 Å². The average molecular weight is 292 g/mol. The molecule has 1 N–H and O–H groups in total. The Kier molecular flexibility index (Phi) is 7.57. The highest BCUT2D eigenvalue weighted by Crippen LogP contribution is 2.15. The summed E-state index contributed by atoms with van der Waals surface area (Å²) in [5.74, 6) is 0.862. The van der Waals surface area contributed by atoms with Gasteiger partial charge in [0, 0.05) is 17.4 Å². The maximum absolute atomic E-state index is 11.4. The van der Waals surface area contributed by atoms with E-state index in [-0.39, 0.29) is 12.5 Å². The summed E-state index contributed by atoms with van der Waals surface area (Å²) in [4.78, 5) is 11.4. The Morgan fingerprint density at radius 2 is 1.94 bits per heavy atom. The Hall–Kier alpha value is -0.970. The van der Waals surface area contributed by atoms with Crippen molar-refractivity contribution in [3.8, 4) is 5.75 Å². The van der Waals surface area contributed by atoms with Crippen molar-refractivity contribution in [2.24, 2.45) is 0 Å². The van der Waals surface area contributed by atoms with Gasteiger partial charge in [0.2, 0.25) is 0 Å². The van der Waals surface area contributed by atoms with Gasteiger partial charge < -0.3 is 14.8 Å². The summed E-state index contributed by atoms with van der Waals surface area (Å²) in [7, 11) is 0. The van der Waals surface area contributed by atoms with Gasteiger partial charge >= 0.3 is 0 Å². The Morgan fingerprint density at radius 1 is 1.22 bits per heavy atom. The molecule has 1 rings (SSSR count). The molecule has 1 aromatic rings. The smallest absolute Gasteiger partial charge is 0.258 e. The number of amides is 1. The van der Waals surface area contributed by atoms with Gasteiger partial charge in [-0.2, -0.15) is 0 Å². The lowest BCUT2D eigenvalue weighted by molar-refractivity contribution is -0.123. The van der Waals surface area contributed by atoms with Gasteiger partial charge in [0.05, 0.1) is 13.2 Å². The van der Waals surface area contributed by atoms with Gasteiger partial charge in [-0.25, -0.2) is 0 Å². The first-order chi connectivity index (χ1) is 8.72. The summed E-state index contributed by atoms with van der Waals surface area (Å²) in [6, 6.07) is 6.82. The van der Waals surface area contributed by atoms with Crippen molar-refractivity contribution in [3.63, 3.8) is 0 Å². The van der Waals surface area contributed by atoms with Crippen molar-refractivity contribution in [1.82, 2.24) is 5.32 Å². The average Bonchev–Trinajstić information content (AvgIpc) is 2.38. The summed E-state index contributed by atoms with van der Waals surface area (Å²) in [6.07, 6.45) is 0. The van der Waals surface area contributed by atoms with E-state index in [0.29, 0.717) is 36.4 Å². The molecule has 0 saturated carbocycles. The number of hydrogen-bond acceptors (Lipinski definition) is 3. The second-order valence-corrected chi connectivity index (χ2v) is 4.21. The van der Waals surface area contributed by atoms with Crippen LogP contribution >= 0.6 is 23.2 Å². The molecule has 4 nitrogen and oxygen atoms in total. The third kappa shape index (κ3) is 6.69. The van der Waals surface area contributed by atoms with Crippen molar-refractivity contribution in [2.45, 2.75) is 0 Å². The monoisotopic (exact) mass is 291 g/mol. The van der Waals surface area contributed by atoms with Crippen molar-refractivity contribution < 1.29 is 14.3 Å². The van der Waals surface area contributed by atoms with Crippen LogP contribution in [0.5, 0.6) is 5.75 Å². The van der Waals surface area contributed by atoms with Crippen LogP contribution in [0.4, 0.5) is 0 Å². The van der Waals surface area contributed by atoms with Crippen molar-refractivity contribution in [1.29, 1.82) is 0 Å². The van der Waals surface area contributed by atoms with Crippen LogP contribution in [0.25, 0.3) is 0 Å². The van der Waals surface area contributed by atoms with Crippen molar-refractivity contribution in [2.75, 3.05) is 32.2 Å². The quantitative estimate of drug-likeness (QED) is 0.589. The van der Waals surface area contributed by atoms with Crippen LogP contribution in [0.1, 0.15) is 0 Å². The third-order valence-corrected chi connectivity index (χ3v) is 2.38. The molecule has 0 atom stereocenters. The normalized spacial score (nSPS) is 10.1. The number of ether oxygens (including phenoxy) is 2. The number of carbonyl (C=O) groups excluding carboxylic acids is 1. The van der Waals surface area contributed by atoms with E-state index < -0.39 is 0 Å². The fourth-order valence-corrected chi connectivity index (χ4v) is 1.39. The van der Waals surface area contributed by atoms with Gasteiger partial charge in [0.25, 0.3) is 5.91 Å². The molecule has 18 heavy (non-hydrogen) atoms. The molecule has 0 fully saturated rings. The molecule has 100 valence electrons. The van der Waals surface area contributed by atoms with E-state index in [2.05, 4.69) is 5.32 Å². The van der Waals surface area contributed by atoms with E-state index in [1.54, 1.807) is 24.3 Å². The number of nitrogens with one attached hydrogen (secondary N) is 1. The molecule has 1 amide bonds. The lowest BCUT2D eigenvalue weighted by atomic mass is 10.3. The maximum Gasteiger partial charge on any atom is 0.258 e. The lowest BCUT2D eigenvalue weighted by Gasteiger charge is -2.07. The molecular weight excluding hydrogens is 277 g/mol. The summed E-state index contributed by atoms with van der Waals surface area (Å²) in [6.45, 7) is 1.34. The minimum atomic E-state index is -0.195. The predicted molar refractivity (Wildman–Crippen MR) is 71.5 cm³/mol. The molecule has 0 spiro atoms. The van der Waals surface area contributed by atoms with Crippen LogP contribution in [-0.4, -0.2) is 38.2 Å². The molecule has 0 heterocycles. The van der Waals surface area contributed by atoms with Crippen LogP contribution in [-0.2, 0) is 9.53 Å². The summed E-state index contributed by atoms with van der Waals surface area (Å²) in [5.41, 5.74) is 0. The minimum absolute atomic E-state index is 0.0306. The standard InChI is InChI=1S/C12H15Cl2NO3/c13-5-7-17-8-6-15-12(16)9-18-11-3-1-10(14)2-4-11/h1-4H,5-9H2,(H,15,16). The molecule has 0 bridgehead atoms. The zero-order chi connectivity index (χ0) is 13.2. The first kappa shape index (κ1) is 15.1. The van der Waals surface area contributed by atoms with Crippen molar-refractivity contribution in [3.05, 3.63) is 29.3 Å². The molecular formula is C12H15Cl2NO3. The predicted octanol–water partition coefficient (Wildman–Crippen LogP) is 2.09. The largest absolute Gasteiger partial charge is 0.484 e. The molecule has 0 aliphatic heterocycles. The van der Waals surface area contributed by atoms with Gasteiger partial charge in [-0.15, -0.1) is 11.6 Å². The van der Waals surface area contributed by atoms with Crippen LogP contribution < -0.4 is 10.1 Å². The topological polar surface area (TPSA) is 47.6 Å². The SMILES string of the molecule is O=C(COc1ccc(Cl)cc1)NCCOCCCl. The fourth-order valence-electron chi connectivity index (χ4n) is 1.15. The highest BCUT2D eigenvalue weighted by atomic mass is 35.5. The van der Waals surface area contributed by atoms with E-state index >= 15 is 0 Å². The van der Waals surface area contributed by atoms with E-state index in [9.17, 15) is 4.79 Å². The zero-order valence-electron chi connectivity index (χ0n) is 9.83. The highest BCUT2D eigenvalue weighted by molar-refractivity contribution is 6.30. The molecule has 0 aliphatic rings. The molecule has 0 unspecified atom stereocenters. The fraction of sp³-hybridized carbons (Fsp3) is 0.417. The summed E-state index contributed by atoms with van der Waals surface area (Å²) in [5, 5.41) is 3.29. The van der Waals surface area contributed by atoms with Crippen molar-refractivity contribution >= 4 is 29.1 Å². The maximum atomic E-state index is 11.4.